The summed E-state index contributed by atoms with van der Waals surface area (Å²) in [6, 6.07) is 13.0. The zero-order valence-electron chi connectivity index (χ0n) is 23.0. The van der Waals surface area contributed by atoms with Gasteiger partial charge >= 0.3 is 5.97 Å². The third kappa shape index (κ3) is 9.39. The molecule has 0 saturated carbocycles. The number of hydrazone groups is 1. The second-order valence-electron chi connectivity index (χ2n) is 10.3. The second kappa shape index (κ2) is 15.3. The van der Waals surface area contributed by atoms with Gasteiger partial charge in [-0.25, -0.2) is 0 Å². The van der Waals surface area contributed by atoms with Gasteiger partial charge in [0.05, 0.1) is 52.2 Å². The smallest absolute Gasteiger partial charge is 0.306 e. The zero-order chi connectivity index (χ0) is 27.3. The summed E-state index contributed by atoms with van der Waals surface area (Å²) in [7, 11) is 0. The van der Waals surface area contributed by atoms with Crippen molar-refractivity contribution in [3.8, 4) is 5.75 Å². The lowest BCUT2D eigenvalue weighted by Crippen LogP contribution is -2.32. The number of hydrogen-bond donors (Lipinski definition) is 1. The van der Waals surface area contributed by atoms with Crippen molar-refractivity contribution < 1.29 is 23.8 Å². The molecule has 1 saturated heterocycles. The molecule has 0 aliphatic carbocycles. The first-order valence-corrected chi connectivity index (χ1v) is 14.3. The highest BCUT2D eigenvalue weighted by atomic mass is 16.5. The minimum Gasteiger partial charge on any atom is -0.493 e. The van der Waals surface area contributed by atoms with E-state index in [1.807, 2.05) is 35.3 Å². The molecule has 1 N–H and O–H groups in total. The van der Waals surface area contributed by atoms with E-state index >= 15 is 0 Å². The fraction of sp³-hybridized carbons (Fsp3) is 0.516. The Hall–Kier alpha value is -3.39. The van der Waals surface area contributed by atoms with Gasteiger partial charge < -0.3 is 19.5 Å². The molecule has 210 valence electrons. The maximum atomic E-state index is 12.8. The van der Waals surface area contributed by atoms with Gasteiger partial charge in [-0.05, 0) is 42.2 Å². The van der Waals surface area contributed by atoms with E-state index in [-0.39, 0.29) is 17.8 Å². The van der Waals surface area contributed by atoms with Crippen LogP contribution in [0.25, 0.3) is 0 Å². The fourth-order valence-corrected chi connectivity index (χ4v) is 4.75. The highest BCUT2D eigenvalue weighted by Crippen LogP contribution is 2.31. The number of ether oxygens (including phenoxy) is 3. The number of morpholine rings is 1. The molecule has 2 aromatic carbocycles. The van der Waals surface area contributed by atoms with Crippen LogP contribution in [0, 0.1) is 5.92 Å². The number of benzene rings is 2. The molecule has 0 spiro atoms. The number of amides is 1. The number of carbonyl (C=O) groups is 2. The molecule has 1 amide bonds. The Morgan fingerprint density at radius 3 is 2.62 bits per heavy atom. The summed E-state index contributed by atoms with van der Waals surface area (Å²) in [5.41, 5.74) is 3.21. The van der Waals surface area contributed by atoms with Gasteiger partial charge in [0.25, 0.3) is 5.91 Å². The molecule has 4 rings (SSSR count). The quantitative estimate of drug-likeness (QED) is 0.208. The normalized spacial score (nSPS) is 16.9. The Bertz CT molecular complexity index is 1100. The average molecular weight is 536 g/mol. The van der Waals surface area contributed by atoms with Gasteiger partial charge in [-0.15, -0.1) is 0 Å². The molecule has 2 aromatic rings. The Labute approximate surface area is 231 Å². The Kier molecular flexibility index (Phi) is 11.2. The molecule has 1 unspecified atom stereocenters. The summed E-state index contributed by atoms with van der Waals surface area (Å²) in [5, 5.41) is 9.40. The lowest BCUT2D eigenvalue weighted by molar-refractivity contribution is -0.145. The number of carbonyl (C=O) groups excluding carboxylic acids is 2. The highest BCUT2D eigenvalue weighted by molar-refractivity contribution is 6.04. The summed E-state index contributed by atoms with van der Waals surface area (Å²) in [6.45, 7) is 6.13. The molecule has 2 aliphatic heterocycles. The van der Waals surface area contributed by atoms with Crippen molar-refractivity contribution in [3.05, 3.63) is 59.2 Å². The molecule has 2 aliphatic rings. The summed E-state index contributed by atoms with van der Waals surface area (Å²) in [4.78, 5) is 25.0. The van der Waals surface area contributed by atoms with Crippen LogP contribution in [0.4, 0.5) is 5.69 Å². The summed E-state index contributed by atoms with van der Waals surface area (Å²) < 4.78 is 16.7. The van der Waals surface area contributed by atoms with Crippen molar-refractivity contribution >= 4 is 23.8 Å². The predicted octanol–water partition coefficient (Wildman–Crippen LogP) is 5.45. The molecule has 8 heteroatoms. The van der Waals surface area contributed by atoms with Crippen LogP contribution in [0.3, 0.4) is 0 Å². The first-order valence-electron chi connectivity index (χ1n) is 14.3. The standard InChI is InChI=1S/C31H41N3O5/c1-2-3-4-5-6-7-16-38-30(35)20-25-19-27-12-13-28(21-29(27)39-23-25)33-31(36)26-10-8-24(9-11-26)22-32-34-14-17-37-18-15-34/h8-13,21-22,25H,2-7,14-20,23H2,1H3,(H,33,36)/b32-22+. The van der Waals surface area contributed by atoms with Crippen LogP contribution >= 0.6 is 0 Å². The van der Waals surface area contributed by atoms with E-state index in [1.165, 1.54) is 25.7 Å². The molecule has 0 bridgehead atoms. The number of anilines is 1. The third-order valence-corrected chi connectivity index (χ3v) is 7.05. The predicted molar refractivity (Wildman–Crippen MR) is 152 cm³/mol. The van der Waals surface area contributed by atoms with Gasteiger partial charge in [-0.1, -0.05) is 57.2 Å². The van der Waals surface area contributed by atoms with Crippen LogP contribution in [0.2, 0.25) is 0 Å². The molecular formula is C31H41N3O5. The van der Waals surface area contributed by atoms with E-state index < -0.39 is 0 Å². The number of esters is 1. The van der Waals surface area contributed by atoms with E-state index in [9.17, 15) is 9.59 Å². The Morgan fingerprint density at radius 1 is 1.05 bits per heavy atom. The van der Waals surface area contributed by atoms with E-state index in [2.05, 4.69) is 17.3 Å². The van der Waals surface area contributed by atoms with Gasteiger partial charge in [0.15, 0.2) is 0 Å². The molecule has 2 heterocycles. The van der Waals surface area contributed by atoms with Gasteiger partial charge in [0.1, 0.15) is 5.75 Å². The summed E-state index contributed by atoms with van der Waals surface area (Å²) >= 11 is 0. The van der Waals surface area contributed by atoms with Gasteiger partial charge in [0.2, 0.25) is 0 Å². The van der Waals surface area contributed by atoms with Crippen molar-refractivity contribution in [2.75, 3.05) is 44.8 Å². The monoisotopic (exact) mass is 535 g/mol. The SMILES string of the molecule is CCCCCCCCOC(=O)CC1COc2cc(NC(=O)c3ccc(/C=N/N4CCOCC4)cc3)ccc2C1. The molecular weight excluding hydrogens is 494 g/mol. The van der Waals surface area contributed by atoms with Crippen LogP contribution < -0.4 is 10.1 Å². The number of nitrogens with one attached hydrogen (secondary N) is 1. The summed E-state index contributed by atoms with van der Waals surface area (Å²) in [6.07, 6.45) is 9.94. The molecule has 1 fully saturated rings. The third-order valence-electron chi connectivity index (χ3n) is 7.05. The van der Waals surface area contributed by atoms with Crippen LogP contribution in [0.1, 0.15) is 73.4 Å². The molecule has 0 aromatic heterocycles. The minimum atomic E-state index is -0.187. The summed E-state index contributed by atoms with van der Waals surface area (Å²) in [5.74, 6) is 0.510. The maximum Gasteiger partial charge on any atom is 0.306 e. The molecule has 39 heavy (non-hydrogen) atoms. The first-order chi connectivity index (χ1) is 19.1. The van der Waals surface area contributed by atoms with Gasteiger partial charge in [0, 0.05) is 23.2 Å². The average Bonchev–Trinajstić information content (AvgIpc) is 2.96. The van der Waals surface area contributed by atoms with Crippen molar-refractivity contribution in [2.45, 2.75) is 58.3 Å². The van der Waals surface area contributed by atoms with Crippen molar-refractivity contribution in [1.82, 2.24) is 5.01 Å². The van der Waals surface area contributed by atoms with Crippen LogP contribution in [-0.4, -0.2) is 62.6 Å². The number of unbranched alkanes of at least 4 members (excludes halogenated alkanes) is 5. The van der Waals surface area contributed by atoms with Crippen molar-refractivity contribution in [1.29, 1.82) is 0 Å². The number of fused-ring (bicyclic) bond motifs is 1. The fourth-order valence-electron chi connectivity index (χ4n) is 4.75. The van der Waals surface area contributed by atoms with Crippen LogP contribution in [0.5, 0.6) is 5.75 Å². The maximum absolute atomic E-state index is 12.8. The molecule has 1 atom stereocenters. The van der Waals surface area contributed by atoms with E-state index in [0.29, 0.717) is 44.1 Å². The lowest BCUT2D eigenvalue weighted by Gasteiger charge is -2.25. The van der Waals surface area contributed by atoms with Crippen molar-refractivity contribution in [2.24, 2.45) is 11.0 Å². The lowest BCUT2D eigenvalue weighted by atomic mass is 9.94. The number of hydrogen-bond acceptors (Lipinski definition) is 7. The first kappa shape index (κ1) is 28.6. The van der Waals surface area contributed by atoms with E-state index in [1.54, 1.807) is 18.3 Å². The number of nitrogens with zero attached hydrogens (tertiary/aromatic N) is 2. The highest BCUT2D eigenvalue weighted by Gasteiger charge is 2.23. The Morgan fingerprint density at radius 2 is 1.82 bits per heavy atom. The minimum absolute atomic E-state index is 0.0975. The second-order valence-corrected chi connectivity index (χ2v) is 10.3. The zero-order valence-corrected chi connectivity index (χ0v) is 23.0. The van der Waals surface area contributed by atoms with Crippen LogP contribution in [-0.2, 0) is 20.7 Å². The van der Waals surface area contributed by atoms with E-state index in [0.717, 1.165) is 49.2 Å². The molecule has 0 radical (unpaired) electrons. The van der Waals surface area contributed by atoms with E-state index in [4.69, 9.17) is 14.2 Å². The van der Waals surface area contributed by atoms with Gasteiger partial charge in [-0.2, -0.15) is 5.10 Å². The Balaban J connectivity index is 1.20. The molecule has 8 nitrogen and oxygen atoms in total. The topological polar surface area (TPSA) is 89.5 Å². The number of rotatable bonds is 13. The largest absolute Gasteiger partial charge is 0.493 e. The van der Waals surface area contributed by atoms with Gasteiger partial charge in [-0.3, -0.25) is 14.6 Å². The van der Waals surface area contributed by atoms with Crippen molar-refractivity contribution in [3.63, 3.8) is 0 Å². The van der Waals surface area contributed by atoms with Crippen LogP contribution in [0.15, 0.2) is 47.6 Å².